The molecule has 0 aliphatic heterocycles. The SMILES string of the molecule is CCOC(=O)c1cc(NCc2ccc(S(N)(=O)=O)cc2)nc(N)n1. The zero-order chi connectivity index (χ0) is 17.7. The van der Waals surface area contributed by atoms with Crippen molar-refractivity contribution >= 4 is 27.8 Å². The number of nitrogen functional groups attached to an aromatic ring is 1. The average molecular weight is 351 g/mol. The van der Waals surface area contributed by atoms with Gasteiger partial charge in [0.25, 0.3) is 0 Å². The monoisotopic (exact) mass is 351 g/mol. The van der Waals surface area contributed by atoms with Crippen LogP contribution in [0.1, 0.15) is 23.0 Å². The van der Waals surface area contributed by atoms with Crippen LogP contribution in [0.4, 0.5) is 11.8 Å². The number of sulfonamides is 1. The highest BCUT2D eigenvalue weighted by molar-refractivity contribution is 7.89. The van der Waals surface area contributed by atoms with Crippen molar-refractivity contribution in [1.29, 1.82) is 0 Å². The Labute approximate surface area is 139 Å². The summed E-state index contributed by atoms with van der Waals surface area (Å²) in [5.41, 5.74) is 6.42. The normalized spacial score (nSPS) is 11.1. The van der Waals surface area contributed by atoms with Crippen molar-refractivity contribution in [3.8, 4) is 0 Å². The van der Waals surface area contributed by atoms with E-state index in [9.17, 15) is 13.2 Å². The van der Waals surface area contributed by atoms with Gasteiger partial charge in [0, 0.05) is 12.6 Å². The van der Waals surface area contributed by atoms with E-state index in [1.165, 1.54) is 18.2 Å². The number of benzene rings is 1. The van der Waals surface area contributed by atoms with Crippen LogP contribution in [0.3, 0.4) is 0 Å². The van der Waals surface area contributed by atoms with Gasteiger partial charge in [-0.25, -0.2) is 23.3 Å². The van der Waals surface area contributed by atoms with Crippen LogP contribution in [0.15, 0.2) is 35.2 Å². The highest BCUT2D eigenvalue weighted by atomic mass is 32.2. The maximum absolute atomic E-state index is 11.7. The van der Waals surface area contributed by atoms with Gasteiger partial charge in [-0.3, -0.25) is 0 Å². The highest BCUT2D eigenvalue weighted by Gasteiger charge is 2.12. The molecule has 0 saturated carbocycles. The Morgan fingerprint density at radius 2 is 1.92 bits per heavy atom. The maximum atomic E-state index is 11.7. The van der Waals surface area contributed by atoms with Crippen LogP contribution in [0, 0.1) is 0 Å². The van der Waals surface area contributed by atoms with Crippen LogP contribution in [0.25, 0.3) is 0 Å². The molecule has 1 heterocycles. The van der Waals surface area contributed by atoms with Gasteiger partial charge in [0.05, 0.1) is 11.5 Å². The molecule has 0 atom stereocenters. The molecule has 1 aromatic heterocycles. The van der Waals surface area contributed by atoms with E-state index in [-0.39, 0.29) is 23.1 Å². The lowest BCUT2D eigenvalue weighted by Crippen LogP contribution is -2.13. The maximum Gasteiger partial charge on any atom is 0.357 e. The molecule has 2 rings (SSSR count). The smallest absolute Gasteiger partial charge is 0.357 e. The Hall–Kier alpha value is -2.72. The summed E-state index contributed by atoms with van der Waals surface area (Å²) < 4.78 is 27.3. The van der Waals surface area contributed by atoms with Crippen LogP contribution in [-0.2, 0) is 21.3 Å². The van der Waals surface area contributed by atoms with Crippen molar-refractivity contribution < 1.29 is 17.9 Å². The van der Waals surface area contributed by atoms with Crippen molar-refractivity contribution in [2.24, 2.45) is 5.14 Å². The first-order valence-electron chi connectivity index (χ1n) is 6.97. The van der Waals surface area contributed by atoms with E-state index in [4.69, 9.17) is 15.6 Å². The number of aromatic nitrogens is 2. The van der Waals surface area contributed by atoms with Crippen molar-refractivity contribution in [2.75, 3.05) is 17.7 Å². The number of carbonyl (C=O) groups is 1. The number of anilines is 2. The summed E-state index contributed by atoms with van der Waals surface area (Å²) >= 11 is 0. The fourth-order valence-corrected chi connectivity index (χ4v) is 2.37. The summed E-state index contributed by atoms with van der Waals surface area (Å²) in [4.78, 5) is 19.5. The van der Waals surface area contributed by atoms with E-state index in [2.05, 4.69) is 15.3 Å². The third-order valence-corrected chi connectivity index (χ3v) is 3.88. The van der Waals surface area contributed by atoms with Crippen LogP contribution in [0.2, 0.25) is 0 Å². The van der Waals surface area contributed by atoms with Gasteiger partial charge in [-0.2, -0.15) is 4.98 Å². The minimum absolute atomic E-state index is 0.0297. The second-order valence-electron chi connectivity index (χ2n) is 4.76. The molecule has 0 aliphatic carbocycles. The van der Waals surface area contributed by atoms with Gasteiger partial charge in [0.15, 0.2) is 5.69 Å². The van der Waals surface area contributed by atoms with Gasteiger partial charge in [-0.1, -0.05) is 12.1 Å². The molecule has 2 aromatic rings. The summed E-state index contributed by atoms with van der Waals surface area (Å²) in [6.07, 6.45) is 0. The molecule has 0 radical (unpaired) electrons. The lowest BCUT2D eigenvalue weighted by Gasteiger charge is -2.08. The van der Waals surface area contributed by atoms with Crippen molar-refractivity contribution in [1.82, 2.24) is 9.97 Å². The minimum atomic E-state index is -3.72. The van der Waals surface area contributed by atoms with Gasteiger partial charge >= 0.3 is 5.97 Å². The van der Waals surface area contributed by atoms with E-state index in [1.54, 1.807) is 19.1 Å². The second kappa shape index (κ2) is 7.23. The molecule has 0 unspecified atom stereocenters. The van der Waals surface area contributed by atoms with Gasteiger partial charge in [-0.05, 0) is 24.6 Å². The van der Waals surface area contributed by atoms with Crippen molar-refractivity contribution in [2.45, 2.75) is 18.4 Å². The van der Waals surface area contributed by atoms with Gasteiger partial charge < -0.3 is 15.8 Å². The largest absolute Gasteiger partial charge is 0.461 e. The van der Waals surface area contributed by atoms with E-state index in [0.29, 0.717) is 12.4 Å². The van der Waals surface area contributed by atoms with Crippen molar-refractivity contribution in [3.05, 3.63) is 41.6 Å². The van der Waals surface area contributed by atoms with Crippen LogP contribution >= 0.6 is 0 Å². The molecule has 24 heavy (non-hydrogen) atoms. The number of carbonyl (C=O) groups excluding carboxylic acids is 1. The Morgan fingerprint density at radius 1 is 1.25 bits per heavy atom. The summed E-state index contributed by atoms with van der Waals surface area (Å²) in [5.74, 6) is -0.305. The number of esters is 1. The van der Waals surface area contributed by atoms with Gasteiger partial charge in [0.2, 0.25) is 16.0 Å². The van der Waals surface area contributed by atoms with Gasteiger partial charge in [-0.15, -0.1) is 0 Å². The third kappa shape index (κ3) is 4.64. The summed E-state index contributed by atoms with van der Waals surface area (Å²) in [6, 6.07) is 7.47. The first-order valence-corrected chi connectivity index (χ1v) is 8.51. The zero-order valence-electron chi connectivity index (χ0n) is 12.9. The molecule has 128 valence electrons. The predicted molar refractivity (Wildman–Crippen MR) is 87.5 cm³/mol. The van der Waals surface area contributed by atoms with E-state index >= 15 is 0 Å². The molecular weight excluding hydrogens is 334 g/mol. The molecule has 10 heteroatoms. The summed E-state index contributed by atoms with van der Waals surface area (Å²) in [7, 11) is -3.72. The number of nitrogens with one attached hydrogen (secondary N) is 1. The molecule has 5 N–H and O–H groups in total. The zero-order valence-corrected chi connectivity index (χ0v) is 13.7. The number of ether oxygens (including phenoxy) is 1. The van der Waals surface area contributed by atoms with E-state index in [1.807, 2.05) is 0 Å². The molecule has 0 bridgehead atoms. The Balaban J connectivity index is 2.10. The number of nitrogens with zero attached hydrogens (tertiary/aromatic N) is 2. The molecule has 0 saturated heterocycles. The highest BCUT2D eigenvalue weighted by Crippen LogP contribution is 2.13. The number of hydrogen-bond acceptors (Lipinski definition) is 8. The molecule has 9 nitrogen and oxygen atoms in total. The number of primary sulfonamides is 1. The number of hydrogen-bond donors (Lipinski definition) is 3. The quantitative estimate of drug-likeness (QED) is 0.636. The molecule has 1 aromatic carbocycles. The van der Waals surface area contributed by atoms with Crippen LogP contribution in [-0.4, -0.2) is 31.0 Å². The molecule has 0 aliphatic rings. The molecular formula is C14H17N5O4S. The first kappa shape index (κ1) is 17.6. The lowest BCUT2D eigenvalue weighted by molar-refractivity contribution is 0.0519. The minimum Gasteiger partial charge on any atom is -0.461 e. The lowest BCUT2D eigenvalue weighted by atomic mass is 10.2. The topological polar surface area (TPSA) is 150 Å². The molecule has 0 amide bonds. The summed E-state index contributed by atoms with van der Waals surface area (Å²) in [5, 5.41) is 8.02. The van der Waals surface area contributed by atoms with Crippen LogP contribution in [0.5, 0.6) is 0 Å². The van der Waals surface area contributed by atoms with E-state index in [0.717, 1.165) is 5.56 Å². The first-order chi connectivity index (χ1) is 11.3. The van der Waals surface area contributed by atoms with Crippen LogP contribution < -0.4 is 16.2 Å². The number of rotatable bonds is 6. The average Bonchev–Trinajstić information content (AvgIpc) is 2.52. The molecule has 0 fully saturated rings. The predicted octanol–water partition coefficient (Wildman–Crippen LogP) is 0.495. The number of nitrogens with two attached hydrogens (primary N) is 2. The Bertz CT molecular complexity index is 837. The standard InChI is InChI=1S/C14H17N5O4S/c1-2-23-13(20)11-7-12(19-14(15)18-11)17-8-9-3-5-10(6-4-9)24(16,21)22/h3-7H,2,8H2,1H3,(H2,16,21,22)(H3,15,17,18,19). The molecule has 0 spiro atoms. The van der Waals surface area contributed by atoms with Crippen molar-refractivity contribution in [3.63, 3.8) is 0 Å². The fourth-order valence-electron chi connectivity index (χ4n) is 1.86. The third-order valence-electron chi connectivity index (χ3n) is 2.95. The Morgan fingerprint density at radius 3 is 2.50 bits per heavy atom. The summed E-state index contributed by atoms with van der Waals surface area (Å²) in [6.45, 7) is 2.25. The Kier molecular flexibility index (Phi) is 5.31. The fraction of sp³-hybridized carbons (Fsp3) is 0.214. The van der Waals surface area contributed by atoms with Gasteiger partial charge in [0.1, 0.15) is 5.82 Å². The second-order valence-corrected chi connectivity index (χ2v) is 6.32. The van der Waals surface area contributed by atoms with E-state index < -0.39 is 16.0 Å².